The second-order valence-corrected chi connectivity index (χ2v) is 6.86. The van der Waals surface area contributed by atoms with Crippen LogP contribution in [-0.4, -0.2) is 30.5 Å². The number of hydrogen-bond donors (Lipinski definition) is 0. The molecule has 0 atom stereocenters. The summed E-state index contributed by atoms with van der Waals surface area (Å²) in [5, 5.41) is 0. The Labute approximate surface area is 125 Å². The Balaban J connectivity index is 1.68. The van der Waals surface area contributed by atoms with E-state index in [1.165, 1.54) is 0 Å². The van der Waals surface area contributed by atoms with Gasteiger partial charge in [0.05, 0.1) is 0 Å². The molecule has 4 heteroatoms. The van der Waals surface area contributed by atoms with E-state index in [-0.39, 0.29) is 15.0 Å². The van der Waals surface area contributed by atoms with Crippen LogP contribution in [0.2, 0.25) is 0 Å². The zero-order valence-corrected chi connectivity index (χ0v) is 12.9. The van der Waals surface area contributed by atoms with E-state index in [0.717, 1.165) is 30.1 Å². The second-order valence-electron chi connectivity index (χ2n) is 4.49. The first-order chi connectivity index (χ1) is 9.79. The van der Waals surface area contributed by atoms with Crippen molar-refractivity contribution in [3.8, 4) is 0 Å². The van der Waals surface area contributed by atoms with Gasteiger partial charge in [0, 0.05) is 0 Å². The molecule has 0 saturated heterocycles. The van der Waals surface area contributed by atoms with E-state index in [4.69, 9.17) is 0 Å². The number of benzene rings is 1. The summed E-state index contributed by atoms with van der Waals surface area (Å²) in [5.74, 6) is 0. The molecular weight excluding hydrogens is 317 g/mol. The second kappa shape index (κ2) is 7.83. The summed E-state index contributed by atoms with van der Waals surface area (Å²) in [6.07, 6.45) is 5.20. The number of carbonyl (C=O) groups excluding carboxylic acids is 2. The van der Waals surface area contributed by atoms with E-state index < -0.39 is 0 Å². The van der Waals surface area contributed by atoms with Crippen LogP contribution in [0.15, 0.2) is 48.7 Å². The van der Waals surface area contributed by atoms with Gasteiger partial charge in [0.25, 0.3) is 0 Å². The fraction of sp³-hybridized carbons (Fsp3) is 0.250. The van der Waals surface area contributed by atoms with E-state index in [0.29, 0.717) is 16.8 Å². The van der Waals surface area contributed by atoms with Crippen LogP contribution in [0.5, 0.6) is 0 Å². The molecule has 0 spiro atoms. The zero-order valence-electron chi connectivity index (χ0n) is 11.2. The predicted molar refractivity (Wildman–Crippen MR) is 80.5 cm³/mol. The number of aromatic nitrogens is 1. The van der Waals surface area contributed by atoms with Crippen molar-refractivity contribution in [2.75, 3.05) is 0 Å². The first-order valence-electron chi connectivity index (χ1n) is 6.65. The third kappa shape index (κ3) is 4.48. The van der Waals surface area contributed by atoms with Crippen molar-refractivity contribution in [1.82, 2.24) is 4.57 Å². The third-order valence-electron chi connectivity index (χ3n) is 2.99. The molecule has 0 amide bonds. The molecule has 0 fully saturated rings. The summed E-state index contributed by atoms with van der Waals surface area (Å²) in [5.41, 5.74) is 0.699. The number of nitrogens with zero attached hydrogens (tertiary/aromatic N) is 1. The van der Waals surface area contributed by atoms with Crippen LogP contribution < -0.4 is 4.46 Å². The van der Waals surface area contributed by atoms with Crippen molar-refractivity contribution < 1.29 is 9.59 Å². The topological polar surface area (TPSA) is 39.1 Å². The molecule has 0 aliphatic rings. The van der Waals surface area contributed by atoms with Gasteiger partial charge in [-0.3, -0.25) is 0 Å². The minimum absolute atomic E-state index is 0.0668. The summed E-state index contributed by atoms with van der Waals surface area (Å²) in [4.78, 5) is 22.6. The van der Waals surface area contributed by atoms with Crippen LogP contribution in [-0.2, 0) is 11.3 Å². The van der Waals surface area contributed by atoms with Crippen molar-refractivity contribution in [1.29, 1.82) is 0 Å². The molecule has 1 aromatic carbocycles. The molecule has 1 heterocycles. The van der Waals surface area contributed by atoms with Gasteiger partial charge in [-0.15, -0.1) is 0 Å². The van der Waals surface area contributed by atoms with Crippen LogP contribution in [0.25, 0.3) is 0 Å². The summed E-state index contributed by atoms with van der Waals surface area (Å²) in [6, 6.07) is 13.6. The van der Waals surface area contributed by atoms with Crippen molar-refractivity contribution >= 4 is 30.4 Å². The molecule has 0 aliphatic carbocycles. The Morgan fingerprint density at radius 1 is 1.10 bits per heavy atom. The van der Waals surface area contributed by atoms with E-state index in [9.17, 15) is 9.59 Å². The monoisotopic (exact) mass is 335 g/mol. The van der Waals surface area contributed by atoms with E-state index >= 15 is 0 Å². The average molecular weight is 334 g/mol. The van der Waals surface area contributed by atoms with Gasteiger partial charge in [-0.2, -0.15) is 0 Å². The van der Waals surface area contributed by atoms with Crippen molar-refractivity contribution in [3.63, 3.8) is 0 Å². The standard InChI is InChI=1S/C16H17NO2Se/c18-13-14-7-6-12-17(14)11-5-4-10-16(19)20-15-8-2-1-3-9-15/h1-3,6-9,12-13H,4-5,10-11H2. The zero-order chi connectivity index (χ0) is 14.2. The molecule has 0 unspecified atom stereocenters. The number of carbonyl (C=O) groups is 2. The summed E-state index contributed by atoms with van der Waals surface area (Å²) in [6.45, 7) is 0.798. The average Bonchev–Trinajstić information content (AvgIpc) is 2.92. The Morgan fingerprint density at radius 3 is 2.65 bits per heavy atom. The summed E-state index contributed by atoms with van der Waals surface area (Å²) in [7, 11) is 0. The number of hydrogen-bond acceptors (Lipinski definition) is 2. The Hall–Kier alpha value is -1.64. The maximum absolute atomic E-state index is 11.9. The molecule has 0 aliphatic heterocycles. The van der Waals surface area contributed by atoms with Crippen molar-refractivity contribution in [2.45, 2.75) is 25.8 Å². The molecular formula is C16H17NO2Se. The van der Waals surface area contributed by atoms with Crippen LogP contribution in [0, 0.1) is 0 Å². The molecule has 0 radical (unpaired) electrons. The van der Waals surface area contributed by atoms with Crippen molar-refractivity contribution in [2.24, 2.45) is 0 Å². The van der Waals surface area contributed by atoms with Gasteiger partial charge in [-0.1, -0.05) is 0 Å². The van der Waals surface area contributed by atoms with Gasteiger partial charge < -0.3 is 0 Å². The molecule has 1 aromatic heterocycles. The normalized spacial score (nSPS) is 10.4. The number of aldehydes is 1. The fourth-order valence-electron chi connectivity index (χ4n) is 1.96. The third-order valence-corrected chi connectivity index (χ3v) is 4.96. The number of rotatable bonds is 8. The van der Waals surface area contributed by atoms with Crippen LogP contribution in [0.1, 0.15) is 29.8 Å². The SMILES string of the molecule is O=Cc1cccn1CCCCC(=O)[Se]c1ccccc1. The Morgan fingerprint density at radius 2 is 1.90 bits per heavy atom. The van der Waals surface area contributed by atoms with Gasteiger partial charge in [0.15, 0.2) is 0 Å². The molecule has 0 N–H and O–H groups in total. The van der Waals surface area contributed by atoms with E-state index in [2.05, 4.69) is 0 Å². The first kappa shape index (κ1) is 14.8. The molecule has 0 saturated carbocycles. The van der Waals surface area contributed by atoms with E-state index in [1.807, 2.05) is 47.2 Å². The quantitative estimate of drug-likeness (QED) is 0.421. The number of aryl methyl sites for hydroxylation is 1. The maximum atomic E-state index is 11.9. The van der Waals surface area contributed by atoms with Crippen LogP contribution in [0.3, 0.4) is 0 Å². The van der Waals surface area contributed by atoms with Crippen LogP contribution >= 0.6 is 0 Å². The Bertz CT molecular complexity index is 563. The molecule has 0 bridgehead atoms. The summed E-state index contributed by atoms with van der Waals surface area (Å²) < 4.78 is 3.41. The minimum atomic E-state index is -0.0668. The molecule has 104 valence electrons. The predicted octanol–water partition coefficient (Wildman–Crippen LogP) is 2.03. The summed E-state index contributed by atoms with van der Waals surface area (Å²) >= 11 is -0.0668. The van der Waals surface area contributed by atoms with Gasteiger partial charge in [-0.25, -0.2) is 0 Å². The van der Waals surface area contributed by atoms with Gasteiger partial charge in [0.2, 0.25) is 0 Å². The van der Waals surface area contributed by atoms with Gasteiger partial charge in [-0.05, 0) is 0 Å². The Kier molecular flexibility index (Phi) is 5.78. The van der Waals surface area contributed by atoms with E-state index in [1.54, 1.807) is 6.07 Å². The molecule has 3 nitrogen and oxygen atoms in total. The molecule has 2 aromatic rings. The molecule has 2 rings (SSSR count). The van der Waals surface area contributed by atoms with Gasteiger partial charge >= 0.3 is 125 Å². The van der Waals surface area contributed by atoms with Gasteiger partial charge in [0.1, 0.15) is 0 Å². The molecule has 20 heavy (non-hydrogen) atoms. The van der Waals surface area contributed by atoms with Crippen molar-refractivity contribution in [3.05, 3.63) is 54.4 Å². The number of unbranched alkanes of at least 4 members (excludes halogenated alkanes) is 1. The first-order valence-corrected chi connectivity index (χ1v) is 8.37. The van der Waals surface area contributed by atoms with Crippen LogP contribution in [0.4, 0.5) is 0 Å². The fourth-order valence-corrected chi connectivity index (χ4v) is 3.64.